The molecule has 0 radical (unpaired) electrons. The van der Waals surface area contributed by atoms with Gasteiger partial charge in [-0.2, -0.15) is 0 Å². The molecule has 2 nitrogen and oxygen atoms in total. The number of nitrogens with zero attached hydrogens (tertiary/aromatic N) is 1. The first-order valence-corrected chi connectivity index (χ1v) is 7.67. The van der Waals surface area contributed by atoms with Crippen LogP contribution in [0.4, 0.5) is 0 Å². The van der Waals surface area contributed by atoms with Gasteiger partial charge >= 0.3 is 0 Å². The Bertz CT molecular complexity index is 479. The van der Waals surface area contributed by atoms with Crippen LogP contribution < -0.4 is 5.32 Å². The zero-order valence-electron chi connectivity index (χ0n) is 11.7. The molecule has 3 heteroatoms. The minimum Gasteiger partial charge on any atom is -0.316 e. The lowest BCUT2D eigenvalue weighted by atomic mass is 10.1. The Hall–Kier alpha value is -1.16. The monoisotopic (exact) mass is 274 g/mol. The van der Waals surface area contributed by atoms with Gasteiger partial charge in [0.05, 0.1) is 0 Å². The SMILES string of the molecule is CCN(Cc1cccc(CNC)c1)Cc1cccs1. The van der Waals surface area contributed by atoms with Crippen LogP contribution in [0.5, 0.6) is 0 Å². The number of nitrogens with one attached hydrogen (secondary N) is 1. The number of hydrogen-bond donors (Lipinski definition) is 1. The molecule has 0 atom stereocenters. The summed E-state index contributed by atoms with van der Waals surface area (Å²) in [6.07, 6.45) is 0. The molecule has 0 unspecified atom stereocenters. The van der Waals surface area contributed by atoms with Gasteiger partial charge in [0.15, 0.2) is 0 Å². The smallest absolute Gasteiger partial charge is 0.0331 e. The summed E-state index contributed by atoms with van der Waals surface area (Å²) in [5.41, 5.74) is 2.75. The topological polar surface area (TPSA) is 15.3 Å². The van der Waals surface area contributed by atoms with E-state index in [4.69, 9.17) is 0 Å². The molecule has 19 heavy (non-hydrogen) atoms. The molecule has 0 aliphatic heterocycles. The summed E-state index contributed by atoms with van der Waals surface area (Å²) in [6.45, 7) is 6.31. The van der Waals surface area contributed by atoms with E-state index in [1.807, 2.05) is 18.4 Å². The summed E-state index contributed by atoms with van der Waals surface area (Å²) in [7, 11) is 1.99. The summed E-state index contributed by atoms with van der Waals surface area (Å²) in [5.74, 6) is 0. The summed E-state index contributed by atoms with van der Waals surface area (Å²) in [4.78, 5) is 3.91. The van der Waals surface area contributed by atoms with E-state index in [0.29, 0.717) is 0 Å². The first kappa shape index (κ1) is 14.3. The Balaban J connectivity index is 1.99. The van der Waals surface area contributed by atoms with E-state index < -0.39 is 0 Å². The fraction of sp³-hybridized carbons (Fsp3) is 0.375. The van der Waals surface area contributed by atoms with E-state index in [1.165, 1.54) is 16.0 Å². The third kappa shape index (κ3) is 4.46. The average molecular weight is 274 g/mol. The van der Waals surface area contributed by atoms with Gasteiger partial charge in [-0.1, -0.05) is 37.3 Å². The van der Waals surface area contributed by atoms with Gasteiger partial charge in [-0.05, 0) is 36.2 Å². The van der Waals surface area contributed by atoms with Gasteiger partial charge in [0.2, 0.25) is 0 Å². The van der Waals surface area contributed by atoms with E-state index >= 15 is 0 Å². The van der Waals surface area contributed by atoms with Crippen LogP contribution >= 0.6 is 11.3 Å². The molecular formula is C16H22N2S. The van der Waals surface area contributed by atoms with Crippen molar-refractivity contribution in [2.45, 2.75) is 26.6 Å². The molecule has 1 aromatic carbocycles. The van der Waals surface area contributed by atoms with Crippen molar-refractivity contribution < 1.29 is 0 Å². The first-order chi connectivity index (χ1) is 9.31. The molecular weight excluding hydrogens is 252 g/mol. The van der Waals surface area contributed by atoms with Crippen molar-refractivity contribution in [2.75, 3.05) is 13.6 Å². The summed E-state index contributed by atoms with van der Waals surface area (Å²) >= 11 is 1.84. The van der Waals surface area contributed by atoms with E-state index in [1.54, 1.807) is 0 Å². The van der Waals surface area contributed by atoms with Crippen LogP contribution in [0.15, 0.2) is 41.8 Å². The molecule has 0 aliphatic carbocycles. The zero-order valence-corrected chi connectivity index (χ0v) is 12.5. The molecule has 1 heterocycles. The molecule has 0 fully saturated rings. The second-order valence-electron chi connectivity index (χ2n) is 4.73. The van der Waals surface area contributed by atoms with E-state index in [9.17, 15) is 0 Å². The quantitative estimate of drug-likeness (QED) is 0.831. The molecule has 1 aromatic heterocycles. The van der Waals surface area contributed by atoms with Crippen molar-refractivity contribution in [3.63, 3.8) is 0 Å². The molecule has 0 bridgehead atoms. The van der Waals surface area contributed by atoms with Crippen molar-refractivity contribution in [1.29, 1.82) is 0 Å². The second kappa shape index (κ2) is 7.43. The normalized spacial score (nSPS) is 11.1. The highest BCUT2D eigenvalue weighted by molar-refractivity contribution is 7.09. The second-order valence-corrected chi connectivity index (χ2v) is 5.77. The summed E-state index contributed by atoms with van der Waals surface area (Å²) in [6, 6.07) is 13.2. The fourth-order valence-corrected chi connectivity index (χ4v) is 2.95. The average Bonchev–Trinajstić information content (AvgIpc) is 2.92. The van der Waals surface area contributed by atoms with Crippen LogP contribution in [-0.4, -0.2) is 18.5 Å². The molecule has 1 N–H and O–H groups in total. The minimum absolute atomic E-state index is 0.935. The van der Waals surface area contributed by atoms with Gasteiger partial charge in [-0.15, -0.1) is 11.3 Å². The Labute approximate surface area is 120 Å². The van der Waals surface area contributed by atoms with Gasteiger partial charge < -0.3 is 5.32 Å². The number of hydrogen-bond acceptors (Lipinski definition) is 3. The molecule has 0 spiro atoms. The van der Waals surface area contributed by atoms with Crippen molar-refractivity contribution in [3.05, 3.63) is 57.8 Å². The number of thiophene rings is 1. The van der Waals surface area contributed by atoms with E-state index in [0.717, 1.165) is 26.2 Å². The van der Waals surface area contributed by atoms with Crippen molar-refractivity contribution in [2.24, 2.45) is 0 Å². The van der Waals surface area contributed by atoms with Crippen molar-refractivity contribution in [3.8, 4) is 0 Å². The molecule has 102 valence electrons. The third-order valence-corrected chi connectivity index (χ3v) is 4.05. The molecule has 0 saturated heterocycles. The summed E-state index contributed by atoms with van der Waals surface area (Å²) in [5, 5.41) is 5.35. The summed E-state index contributed by atoms with van der Waals surface area (Å²) < 4.78 is 0. The Morgan fingerprint density at radius 3 is 2.63 bits per heavy atom. The molecule has 0 aliphatic rings. The number of benzene rings is 1. The maximum atomic E-state index is 3.20. The largest absolute Gasteiger partial charge is 0.316 e. The standard InChI is InChI=1S/C16H22N2S/c1-3-18(13-16-8-5-9-19-16)12-15-7-4-6-14(10-15)11-17-2/h4-10,17H,3,11-13H2,1-2H3. The highest BCUT2D eigenvalue weighted by Crippen LogP contribution is 2.15. The Morgan fingerprint density at radius 2 is 1.95 bits per heavy atom. The van der Waals surface area contributed by atoms with E-state index in [2.05, 4.69) is 58.9 Å². The fourth-order valence-electron chi connectivity index (χ4n) is 2.20. The van der Waals surface area contributed by atoms with E-state index in [-0.39, 0.29) is 0 Å². The first-order valence-electron chi connectivity index (χ1n) is 6.79. The highest BCUT2D eigenvalue weighted by Gasteiger charge is 2.06. The molecule has 0 amide bonds. The zero-order chi connectivity index (χ0) is 13.5. The van der Waals surface area contributed by atoms with Gasteiger partial charge in [0.1, 0.15) is 0 Å². The predicted octanol–water partition coefficient (Wildman–Crippen LogP) is 3.49. The van der Waals surface area contributed by atoms with Crippen LogP contribution in [0.2, 0.25) is 0 Å². The van der Waals surface area contributed by atoms with Crippen LogP contribution in [0.25, 0.3) is 0 Å². The van der Waals surface area contributed by atoms with Crippen LogP contribution in [0.1, 0.15) is 22.9 Å². The Morgan fingerprint density at radius 1 is 1.11 bits per heavy atom. The van der Waals surface area contributed by atoms with Gasteiger partial charge in [0.25, 0.3) is 0 Å². The maximum absolute atomic E-state index is 3.20. The number of rotatable bonds is 7. The molecule has 2 aromatic rings. The lowest BCUT2D eigenvalue weighted by molar-refractivity contribution is 0.274. The Kier molecular flexibility index (Phi) is 5.58. The van der Waals surface area contributed by atoms with Gasteiger partial charge in [-0.3, -0.25) is 4.90 Å². The lowest BCUT2D eigenvalue weighted by Gasteiger charge is -2.20. The van der Waals surface area contributed by atoms with Gasteiger partial charge in [0, 0.05) is 24.5 Å². The van der Waals surface area contributed by atoms with Crippen LogP contribution in [-0.2, 0) is 19.6 Å². The van der Waals surface area contributed by atoms with Crippen LogP contribution in [0, 0.1) is 0 Å². The minimum atomic E-state index is 0.935. The van der Waals surface area contributed by atoms with Crippen molar-refractivity contribution in [1.82, 2.24) is 10.2 Å². The molecule has 2 rings (SSSR count). The maximum Gasteiger partial charge on any atom is 0.0331 e. The van der Waals surface area contributed by atoms with Gasteiger partial charge in [-0.25, -0.2) is 0 Å². The van der Waals surface area contributed by atoms with Crippen molar-refractivity contribution >= 4 is 11.3 Å². The lowest BCUT2D eigenvalue weighted by Crippen LogP contribution is -2.21. The van der Waals surface area contributed by atoms with Crippen LogP contribution in [0.3, 0.4) is 0 Å². The molecule has 0 saturated carbocycles. The predicted molar refractivity (Wildman–Crippen MR) is 83.3 cm³/mol. The third-order valence-electron chi connectivity index (χ3n) is 3.19. The highest BCUT2D eigenvalue weighted by atomic mass is 32.1.